The van der Waals surface area contributed by atoms with Crippen molar-refractivity contribution in [2.24, 2.45) is 5.73 Å². The van der Waals surface area contributed by atoms with Gasteiger partial charge in [-0.15, -0.1) is 11.8 Å². The van der Waals surface area contributed by atoms with Crippen molar-refractivity contribution in [2.45, 2.75) is 18.2 Å². The molecule has 1 saturated heterocycles. The minimum atomic E-state index is 0.134. The van der Waals surface area contributed by atoms with Crippen LogP contribution < -0.4 is 10.6 Å². The molecule has 0 unspecified atom stereocenters. The number of rotatable bonds is 4. The van der Waals surface area contributed by atoms with E-state index >= 15 is 0 Å². The maximum Gasteiger partial charge on any atom is 0.241 e. The number of carbonyl (C=O) groups excluding carboxylic acids is 1. The van der Waals surface area contributed by atoms with E-state index in [-0.39, 0.29) is 5.91 Å². The number of benzene rings is 1. The molecule has 1 fully saturated rings. The smallest absolute Gasteiger partial charge is 0.241 e. The minimum absolute atomic E-state index is 0.134. The summed E-state index contributed by atoms with van der Waals surface area (Å²) < 4.78 is 0. The largest absolute Gasteiger partial charge is 0.389 e. The van der Waals surface area contributed by atoms with Gasteiger partial charge in [0.15, 0.2) is 0 Å². The minimum Gasteiger partial charge on any atom is -0.389 e. The highest BCUT2D eigenvalue weighted by atomic mass is 32.2. The molecule has 1 amide bonds. The summed E-state index contributed by atoms with van der Waals surface area (Å²) in [6, 6.07) is 6.05. The topological polar surface area (TPSA) is 49.6 Å². The summed E-state index contributed by atoms with van der Waals surface area (Å²) in [5, 5.41) is 0. The van der Waals surface area contributed by atoms with Gasteiger partial charge in [0.1, 0.15) is 4.99 Å². The van der Waals surface area contributed by atoms with Crippen molar-refractivity contribution in [1.82, 2.24) is 4.90 Å². The number of thiocarbonyl (C=S) groups is 1. The number of thioether (sulfide) groups is 1. The zero-order valence-corrected chi connectivity index (χ0v) is 14.1. The quantitative estimate of drug-likeness (QED) is 0.679. The predicted molar refractivity (Wildman–Crippen MR) is 93.2 cm³/mol. The lowest BCUT2D eigenvalue weighted by Gasteiger charge is -2.25. The predicted octanol–water partition coefficient (Wildman–Crippen LogP) is 2.10. The monoisotopic (exact) mass is 323 g/mol. The van der Waals surface area contributed by atoms with Crippen LogP contribution in [0.1, 0.15) is 18.9 Å². The lowest BCUT2D eigenvalue weighted by molar-refractivity contribution is -0.127. The van der Waals surface area contributed by atoms with Gasteiger partial charge in [0, 0.05) is 36.3 Å². The number of hydrogen-bond acceptors (Lipinski definition) is 4. The molecule has 0 spiro atoms. The third-order valence-electron chi connectivity index (χ3n) is 3.56. The van der Waals surface area contributed by atoms with Gasteiger partial charge < -0.3 is 15.5 Å². The molecule has 0 aliphatic carbocycles. The van der Waals surface area contributed by atoms with E-state index in [9.17, 15) is 4.79 Å². The number of nitrogens with two attached hydrogens (primary N) is 1. The van der Waals surface area contributed by atoms with Crippen LogP contribution >= 0.6 is 24.0 Å². The lowest BCUT2D eigenvalue weighted by Crippen LogP contribution is -2.35. The van der Waals surface area contributed by atoms with Gasteiger partial charge in [-0.1, -0.05) is 25.2 Å². The average Bonchev–Trinajstić information content (AvgIpc) is 2.61. The van der Waals surface area contributed by atoms with E-state index in [1.54, 1.807) is 16.7 Å². The Morgan fingerprint density at radius 2 is 2.19 bits per heavy atom. The van der Waals surface area contributed by atoms with Gasteiger partial charge in [0.05, 0.1) is 6.54 Å². The van der Waals surface area contributed by atoms with Crippen molar-refractivity contribution in [2.75, 3.05) is 37.3 Å². The molecule has 1 aliphatic rings. The van der Waals surface area contributed by atoms with Crippen LogP contribution in [0, 0.1) is 0 Å². The Morgan fingerprint density at radius 1 is 1.43 bits per heavy atom. The van der Waals surface area contributed by atoms with Gasteiger partial charge in [0.2, 0.25) is 5.91 Å². The number of likely N-dealkylation sites (N-methyl/N-ethyl adjacent to an activating group) is 1. The van der Waals surface area contributed by atoms with Crippen molar-refractivity contribution in [1.29, 1.82) is 0 Å². The first-order valence-electron chi connectivity index (χ1n) is 7.09. The third-order valence-corrected chi connectivity index (χ3v) is 4.71. The Balaban J connectivity index is 2.40. The summed E-state index contributed by atoms with van der Waals surface area (Å²) >= 11 is 6.97. The number of anilines is 1. The summed E-state index contributed by atoms with van der Waals surface area (Å²) in [6.45, 7) is 4.12. The second kappa shape index (κ2) is 7.13. The summed E-state index contributed by atoms with van der Waals surface area (Å²) in [4.78, 5) is 17.5. The van der Waals surface area contributed by atoms with Crippen molar-refractivity contribution in [3.63, 3.8) is 0 Å². The second-order valence-electron chi connectivity index (χ2n) is 5.04. The fourth-order valence-electron chi connectivity index (χ4n) is 2.50. The molecule has 0 aromatic heterocycles. The van der Waals surface area contributed by atoms with Crippen LogP contribution in [0.4, 0.5) is 5.69 Å². The number of nitrogens with zero attached hydrogens (tertiary/aromatic N) is 2. The summed E-state index contributed by atoms with van der Waals surface area (Å²) in [5.74, 6) is 1.09. The summed E-state index contributed by atoms with van der Waals surface area (Å²) in [7, 11) is 1.85. The van der Waals surface area contributed by atoms with E-state index in [4.69, 9.17) is 18.0 Å². The van der Waals surface area contributed by atoms with E-state index in [1.807, 2.05) is 25.2 Å². The Hall–Kier alpha value is -1.27. The number of carbonyl (C=O) groups is 1. The first-order valence-corrected chi connectivity index (χ1v) is 8.48. The molecule has 0 atom stereocenters. The maximum absolute atomic E-state index is 12.1. The Bertz CT molecular complexity index is 548. The molecule has 0 radical (unpaired) electrons. The SMILES string of the molecule is CCSc1cccc(N2CCCN(C)C(=O)C2)c1C(N)=S. The fourth-order valence-corrected chi connectivity index (χ4v) is 3.62. The van der Waals surface area contributed by atoms with Crippen LogP contribution in [0.25, 0.3) is 0 Å². The molecule has 2 rings (SSSR count). The van der Waals surface area contributed by atoms with E-state index in [0.717, 1.165) is 41.4 Å². The first-order chi connectivity index (χ1) is 10.0. The molecule has 4 nitrogen and oxygen atoms in total. The van der Waals surface area contributed by atoms with Crippen LogP contribution in [-0.4, -0.2) is 48.2 Å². The molecule has 0 bridgehead atoms. The Kier molecular flexibility index (Phi) is 5.47. The molecule has 1 aliphatic heterocycles. The fraction of sp³-hybridized carbons (Fsp3) is 0.467. The van der Waals surface area contributed by atoms with Crippen molar-refractivity contribution < 1.29 is 4.79 Å². The summed E-state index contributed by atoms with van der Waals surface area (Å²) in [5.41, 5.74) is 7.83. The van der Waals surface area contributed by atoms with Gasteiger partial charge in [-0.05, 0) is 24.3 Å². The Morgan fingerprint density at radius 3 is 2.86 bits per heavy atom. The zero-order chi connectivity index (χ0) is 15.4. The van der Waals surface area contributed by atoms with Crippen molar-refractivity contribution in [3.8, 4) is 0 Å². The highest BCUT2D eigenvalue weighted by Gasteiger charge is 2.22. The van der Waals surface area contributed by atoms with Gasteiger partial charge >= 0.3 is 0 Å². The zero-order valence-electron chi connectivity index (χ0n) is 12.5. The van der Waals surface area contributed by atoms with Crippen LogP contribution in [0.15, 0.2) is 23.1 Å². The maximum atomic E-state index is 12.1. The molecular formula is C15H21N3OS2. The number of hydrogen-bond donors (Lipinski definition) is 1. The average molecular weight is 323 g/mol. The van der Waals surface area contributed by atoms with E-state index in [1.165, 1.54) is 0 Å². The molecule has 21 heavy (non-hydrogen) atoms. The molecule has 1 heterocycles. The Labute approximate surface area is 135 Å². The van der Waals surface area contributed by atoms with Crippen LogP contribution in [0.5, 0.6) is 0 Å². The second-order valence-corrected chi connectivity index (χ2v) is 6.78. The third kappa shape index (κ3) is 3.68. The summed E-state index contributed by atoms with van der Waals surface area (Å²) in [6.07, 6.45) is 0.949. The first kappa shape index (κ1) is 16.1. The van der Waals surface area contributed by atoms with Gasteiger partial charge in [-0.2, -0.15) is 0 Å². The van der Waals surface area contributed by atoms with Crippen molar-refractivity contribution in [3.05, 3.63) is 23.8 Å². The molecule has 1 aromatic rings. The molecule has 114 valence electrons. The molecular weight excluding hydrogens is 302 g/mol. The molecule has 2 N–H and O–H groups in total. The highest BCUT2D eigenvalue weighted by Crippen LogP contribution is 2.31. The van der Waals surface area contributed by atoms with Crippen molar-refractivity contribution >= 4 is 40.6 Å². The molecule has 1 aromatic carbocycles. The van der Waals surface area contributed by atoms with Gasteiger partial charge in [-0.3, -0.25) is 4.79 Å². The molecule has 0 saturated carbocycles. The van der Waals surface area contributed by atoms with Crippen LogP contribution in [0.3, 0.4) is 0 Å². The van der Waals surface area contributed by atoms with Crippen LogP contribution in [0.2, 0.25) is 0 Å². The van der Waals surface area contributed by atoms with E-state index in [2.05, 4.69) is 11.8 Å². The van der Waals surface area contributed by atoms with E-state index < -0.39 is 0 Å². The van der Waals surface area contributed by atoms with Gasteiger partial charge in [0.25, 0.3) is 0 Å². The van der Waals surface area contributed by atoms with Gasteiger partial charge in [-0.25, -0.2) is 0 Å². The van der Waals surface area contributed by atoms with E-state index in [0.29, 0.717) is 11.5 Å². The van der Waals surface area contributed by atoms with Crippen LogP contribution in [-0.2, 0) is 4.79 Å². The highest BCUT2D eigenvalue weighted by molar-refractivity contribution is 7.99. The lowest BCUT2D eigenvalue weighted by atomic mass is 10.1. The standard InChI is InChI=1S/C15H21N3OS2/c1-3-21-12-7-4-6-11(14(12)15(16)20)18-9-5-8-17(2)13(19)10-18/h4,6-7H,3,5,8-10H2,1-2H3,(H2,16,20). The molecule has 6 heteroatoms. The number of amides is 1. The normalized spacial score (nSPS) is 16.0.